The Balaban J connectivity index is 3.11. The van der Waals surface area contributed by atoms with Crippen LogP contribution in [-0.2, 0) is 0 Å². The minimum Gasteiger partial charge on any atom is -0.423 e. The summed E-state index contributed by atoms with van der Waals surface area (Å²) < 4.78 is 0. The molecule has 1 aromatic rings. The molecule has 0 aliphatic heterocycles. The Morgan fingerprint density at radius 2 is 1.23 bits per heavy atom. The van der Waals surface area contributed by atoms with Gasteiger partial charge in [0.05, 0.1) is 0 Å². The molecule has 0 aliphatic rings. The summed E-state index contributed by atoms with van der Waals surface area (Å²) in [4.78, 5) is 0. The highest BCUT2D eigenvalue weighted by atomic mass is 35.5. The smallest absolute Gasteiger partial charge is 0.423 e. The summed E-state index contributed by atoms with van der Waals surface area (Å²) in [7, 11) is -3.34. The van der Waals surface area contributed by atoms with Crippen molar-refractivity contribution in [2.45, 2.75) is 0 Å². The van der Waals surface area contributed by atoms with Crippen molar-refractivity contribution in [3.8, 4) is 0 Å². The van der Waals surface area contributed by atoms with Gasteiger partial charge in [-0.2, -0.15) is 0 Å². The lowest BCUT2D eigenvalue weighted by molar-refractivity contribution is 0.425. The zero-order chi connectivity index (χ0) is 10.0. The number of rotatable bonds is 2. The SMILES string of the molecule is OB(O)c1cc(Cl)cc(B(O)O)c1. The molecule has 1 aromatic carbocycles. The van der Waals surface area contributed by atoms with Gasteiger partial charge in [0.1, 0.15) is 0 Å². The summed E-state index contributed by atoms with van der Waals surface area (Å²) in [6.45, 7) is 0. The lowest BCUT2D eigenvalue weighted by Gasteiger charge is -2.04. The average molecular weight is 200 g/mol. The lowest BCUT2D eigenvalue weighted by atomic mass is 9.73. The van der Waals surface area contributed by atoms with Gasteiger partial charge in [-0.15, -0.1) is 0 Å². The molecule has 0 amide bonds. The minimum absolute atomic E-state index is 0.121. The van der Waals surface area contributed by atoms with Crippen LogP contribution in [0.1, 0.15) is 0 Å². The highest BCUT2D eigenvalue weighted by Gasteiger charge is 2.17. The maximum Gasteiger partial charge on any atom is 0.488 e. The summed E-state index contributed by atoms with van der Waals surface area (Å²) >= 11 is 5.59. The molecule has 0 heterocycles. The first kappa shape index (κ1) is 10.6. The van der Waals surface area contributed by atoms with Gasteiger partial charge in [0.2, 0.25) is 0 Å². The Labute approximate surface area is 80.7 Å². The van der Waals surface area contributed by atoms with Crippen LogP contribution < -0.4 is 10.9 Å². The van der Waals surface area contributed by atoms with Crippen LogP contribution >= 0.6 is 11.6 Å². The van der Waals surface area contributed by atoms with Gasteiger partial charge in [-0.05, 0) is 23.1 Å². The fourth-order valence-electron chi connectivity index (χ4n) is 0.934. The van der Waals surface area contributed by atoms with Crippen molar-refractivity contribution in [1.29, 1.82) is 0 Å². The van der Waals surface area contributed by atoms with E-state index in [1.165, 1.54) is 18.2 Å². The zero-order valence-corrected chi connectivity index (χ0v) is 7.31. The van der Waals surface area contributed by atoms with E-state index in [9.17, 15) is 0 Å². The van der Waals surface area contributed by atoms with Gasteiger partial charge in [-0.3, -0.25) is 0 Å². The Morgan fingerprint density at radius 3 is 1.54 bits per heavy atom. The molecule has 4 N–H and O–H groups in total. The van der Waals surface area contributed by atoms with Crippen LogP contribution in [-0.4, -0.2) is 34.3 Å². The number of halogens is 1. The van der Waals surface area contributed by atoms with Gasteiger partial charge < -0.3 is 20.1 Å². The molecule has 0 atom stereocenters. The van der Waals surface area contributed by atoms with E-state index >= 15 is 0 Å². The predicted octanol–water partition coefficient (Wildman–Crippen LogP) is -2.30. The molecule has 0 saturated carbocycles. The monoisotopic (exact) mass is 200 g/mol. The van der Waals surface area contributed by atoms with E-state index in [0.29, 0.717) is 0 Å². The van der Waals surface area contributed by atoms with Crippen LogP contribution in [0.4, 0.5) is 0 Å². The van der Waals surface area contributed by atoms with Crippen LogP contribution in [0, 0.1) is 0 Å². The van der Waals surface area contributed by atoms with E-state index in [1.54, 1.807) is 0 Å². The number of hydrogen-bond donors (Lipinski definition) is 4. The van der Waals surface area contributed by atoms with E-state index < -0.39 is 14.2 Å². The Hall–Kier alpha value is -0.520. The van der Waals surface area contributed by atoms with E-state index in [4.69, 9.17) is 31.7 Å². The van der Waals surface area contributed by atoms with Gasteiger partial charge in [0.25, 0.3) is 0 Å². The second kappa shape index (κ2) is 4.13. The summed E-state index contributed by atoms with van der Waals surface area (Å²) in [5.41, 5.74) is 0.242. The largest absolute Gasteiger partial charge is 0.488 e. The van der Waals surface area contributed by atoms with E-state index in [-0.39, 0.29) is 15.9 Å². The third-order valence-corrected chi connectivity index (χ3v) is 1.76. The van der Waals surface area contributed by atoms with E-state index in [2.05, 4.69) is 0 Å². The first-order chi connectivity index (χ1) is 6.00. The molecular weight excluding hydrogens is 193 g/mol. The second-order valence-corrected chi connectivity index (χ2v) is 3.00. The van der Waals surface area contributed by atoms with Gasteiger partial charge in [0, 0.05) is 5.02 Å². The third-order valence-electron chi connectivity index (χ3n) is 1.54. The van der Waals surface area contributed by atoms with Crippen molar-refractivity contribution in [2.75, 3.05) is 0 Å². The molecule has 0 spiro atoms. The topological polar surface area (TPSA) is 80.9 Å². The highest BCUT2D eigenvalue weighted by molar-refractivity contribution is 6.63. The molecule has 0 unspecified atom stereocenters. The molecule has 4 nitrogen and oxygen atoms in total. The molecule has 0 fully saturated rings. The van der Waals surface area contributed by atoms with Gasteiger partial charge in [-0.1, -0.05) is 17.7 Å². The van der Waals surface area contributed by atoms with Crippen LogP contribution in [0.2, 0.25) is 5.02 Å². The predicted molar refractivity (Wildman–Crippen MR) is 51.1 cm³/mol. The third kappa shape index (κ3) is 2.72. The van der Waals surface area contributed by atoms with Gasteiger partial charge >= 0.3 is 14.2 Å². The highest BCUT2D eigenvalue weighted by Crippen LogP contribution is 2.03. The fraction of sp³-hybridized carbons (Fsp3) is 0. The van der Waals surface area contributed by atoms with Crippen molar-refractivity contribution >= 4 is 36.8 Å². The number of benzene rings is 1. The molecule has 68 valence electrons. The van der Waals surface area contributed by atoms with Crippen molar-refractivity contribution in [3.05, 3.63) is 23.2 Å². The van der Waals surface area contributed by atoms with Crippen LogP contribution in [0.15, 0.2) is 18.2 Å². The first-order valence-electron chi connectivity index (χ1n) is 3.53. The number of hydrogen-bond acceptors (Lipinski definition) is 4. The van der Waals surface area contributed by atoms with Crippen molar-refractivity contribution in [1.82, 2.24) is 0 Å². The molecule has 0 aliphatic carbocycles. The van der Waals surface area contributed by atoms with Crippen LogP contribution in [0.3, 0.4) is 0 Å². The summed E-state index contributed by atoms with van der Waals surface area (Å²) in [5.74, 6) is 0. The fourth-order valence-corrected chi connectivity index (χ4v) is 1.19. The molecule has 0 saturated heterocycles. The average Bonchev–Trinajstić information content (AvgIpc) is 2.03. The van der Waals surface area contributed by atoms with Crippen molar-refractivity contribution in [2.24, 2.45) is 0 Å². The molecular formula is C6H7B2ClO4. The quantitative estimate of drug-likeness (QED) is 0.405. The lowest BCUT2D eigenvalue weighted by Crippen LogP contribution is -2.37. The second-order valence-electron chi connectivity index (χ2n) is 2.57. The van der Waals surface area contributed by atoms with Crippen molar-refractivity contribution in [3.63, 3.8) is 0 Å². The van der Waals surface area contributed by atoms with Gasteiger partial charge in [0.15, 0.2) is 0 Å². The molecule has 0 aromatic heterocycles. The van der Waals surface area contributed by atoms with Gasteiger partial charge in [-0.25, -0.2) is 0 Å². The van der Waals surface area contributed by atoms with E-state index in [1.807, 2.05) is 0 Å². The molecule has 0 radical (unpaired) electrons. The Kier molecular flexibility index (Phi) is 3.35. The minimum atomic E-state index is -1.67. The maximum absolute atomic E-state index is 8.79. The van der Waals surface area contributed by atoms with Crippen LogP contribution in [0.25, 0.3) is 0 Å². The molecule has 7 heteroatoms. The summed E-state index contributed by atoms with van der Waals surface area (Å²) in [5, 5.41) is 35.4. The first-order valence-corrected chi connectivity index (χ1v) is 3.91. The summed E-state index contributed by atoms with van der Waals surface area (Å²) in [6, 6.07) is 3.91. The Morgan fingerprint density at radius 1 is 0.846 bits per heavy atom. The Bertz CT molecular complexity index is 278. The van der Waals surface area contributed by atoms with E-state index in [0.717, 1.165) is 0 Å². The molecule has 1 rings (SSSR count). The van der Waals surface area contributed by atoms with Crippen LogP contribution in [0.5, 0.6) is 0 Å². The summed E-state index contributed by atoms with van der Waals surface area (Å²) in [6.07, 6.45) is 0. The molecule has 13 heavy (non-hydrogen) atoms. The zero-order valence-electron chi connectivity index (χ0n) is 6.55. The molecule has 0 bridgehead atoms. The normalized spacial score (nSPS) is 9.92. The standard InChI is InChI=1S/C6H7B2ClO4/c9-6-2-4(7(10)11)1-5(3-6)8(12)13/h1-3,10-13H. The van der Waals surface area contributed by atoms with Crippen molar-refractivity contribution < 1.29 is 20.1 Å². The maximum atomic E-state index is 8.79.